The molecule has 0 saturated carbocycles. The number of rotatable bonds is 1. The van der Waals surface area contributed by atoms with Crippen molar-refractivity contribution in [3.05, 3.63) is 251 Å². The average Bonchev–Trinajstić information content (AvgIpc) is 3.89. The van der Waals surface area contributed by atoms with Crippen LogP contribution < -0.4 is 4.74 Å². The van der Waals surface area contributed by atoms with Crippen LogP contribution in [0.25, 0.3) is 66.1 Å². The van der Waals surface area contributed by atoms with E-state index in [1.54, 1.807) is 0 Å². The molecule has 0 saturated heterocycles. The second-order valence-electron chi connectivity index (χ2n) is 16.6. The van der Waals surface area contributed by atoms with Gasteiger partial charge in [0.25, 0.3) is 0 Å². The van der Waals surface area contributed by atoms with Crippen LogP contribution in [-0.2, 0) is 10.8 Å². The van der Waals surface area contributed by atoms with Crippen LogP contribution in [0.5, 0.6) is 11.5 Å². The van der Waals surface area contributed by atoms with Gasteiger partial charge in [0.2, 0.25) is 0 Å². The van der Waals surface area contributed by atoms with Crippen molar-refractivity contribution in [1.82, 2.24) is 0 Å². The Hall–Kier alpha value is -7.48. The standard InChI is InChI=1S/C58H34O/c1-2-16-37-35(15-1)30-32-52-55(37)59-56-45-23-4-3-17-38(45)46(34-54(56)58(52)50-27-13-7-20-41(50)42-21-8-14-28-51(42)58)36-29-31-44-43-22-9-12-26-49(43)57(53(44)33-36)47-24-10-5-18-39(47)40-19-6-11-25-48(40)57/h1-34H. The Bertz CT molecular complexity index is 3390. The van der Waals surface area contributed by atoms with Gasteiger partial charge in [-0.2, -0.15) is 0 Å². The van der Waals surface area contributed by atoms with Crippen LogP contribution in [0.2, 0.25) is 0 Å². The molecule has 10 aromatic rings. The van der Waals surface area contributed by atoms with Crippen molar-refractivity contribution in [2.24, 2.45) is 0 Å². The molecule has 1 nitrogen and oxygen atoms in total. The monoisotopic (exact) mass is 746 g/mol. The van der Waals surface area contributed by atoms with Gasteiger partial charge < -0.3 is 4.74 Å². The summed E-state index contributed by atoms with van der Waals surface area (Å²) in [7, 11) is 0. The zero-order valence-corrected chi connectivity index (χ0v) is 32.0. The topological polar surface area (TPSA) is 9.23 Å². The van der Waals surface area contributed by atoms with Crippen LogP contribution in [-0.4, -0.2) is 0 Å². The van der Waals surface area contributed by atoms with Crippen molar-refractivity contribution < 1.29 is 4.74 Å². The summed E-state index contributed by atoms with van der Waals surface area (Å²) in [6, 6.07) is 77.2. The van der Waals surface area contributed by atoms with E-state index in [0.29, 0.717) is 0 Å². The summed E-state index contributed by atoms with van der Waals surface area (Å²) >= 11 is 0. The lowest BCUT2D eigenvalue weighted by molar-refractivity contribution is 0.447. The largest absolute Gasteiger partial charge is 0.455 e. The predicted molar refractivity (Wildman–Crippen MR) is 241 cm³/mol. The molecule has 1 heteroatoms. The highest BCUT2D eigenvalue weighted by atomic mass is 16.5. The predicted octanol–water partition coefficient (Wildman–Crippen LogP) is 14.5. The molecule has 4 aliphatic rings. The fraction of sp³-hybridized carbons (Fsp3) is 0.0345. The lowest BCUT2D eigenvalue weighted by atomic mass is 9.65. The molecule has 2 spiro atoms. The molecule has 0 amide bonds. The molecule has 0 radical (unpaired) electrons. The first-order valence-electron chi connectivity index (χ1n) is 20.7. The summed E-state index contributed by atoms with van der Waals surface area (Å²) in [5, 5.41) is 4.61. The van der Waals surface area contributed by atoms with Gasteiger partial charge in [0, 0.05) is 21.9 Å². The second-order valence-corrected chi connectivity index (χ2v) is 16.6. The molecule has 0 N–H and O–H groups in total. The second kappa shape index (κ2) is 11.1. The van der Waals surface area contributed by atoms with E-state index in [-0.39, 0.29) is 0 Å². The third-order valence-electron chi connectivity index (χ3n) is 14.1. The Kier molecular flexibility index (Phi) is 5.96. The molecule has 272 valence electrons. The molecule has 3 aliphatic carbocycles. The van der Waals surface area contributed by atoms with Gasteiger partial charge in [-0.1, -0.05) is 194 Å². The first kappa shape index (κ1) is 31.6. The number of benzene rings is 10. The van der Waals surface area contributed by atoms with Crippen LogP contribution in [0.1, 0.15) is 44.5 Å². The van der Waals surface area contributed by atoms with E-state index in [1.165, 1.54) is 99.8 Å². The maximum atomic E-state index is 7.38. The minimum Gasteiger partial charge on any atom is -0.455 e. The van der Waals surface area contributed by atoms with Gasteiger partial charge in [-0.3, -0.25) is 0 Å². The van der Waals surface area contributed by atoms with Gasteiger partial charge >= 0.3 is 0 Å². The van der Waals surface area contributed by atoms with Crippen molar-refractivity contribution in [2.75, 3.05) is 0 Å². The Morgan fingerprint density at radius 2 is 0.678 bits per heavy atom. The van der Waals surface area contributed by atoms with Gasteiger partial charge in [-0.25, -0.2) is 0 Å². The molecule has 0 fully saturated rings. The first-order chi connectivity index (χ1) is 29.3. The highest BCUT2D eigenvalue weighted by Gasteiger charge is 2.53. The van der Waals surface area contributed by atoms with E-state index in [1.807, 2.05) is 0 Å². The summed E-state index contributed by atoms with van der Waals surface area (Å²) in [4.78, 5) is 0. The zero-order valence-electron chi connectivity index (χ0n) is 32.0. The fourth-order valence-corrected chi connectivity index (χ4v) is 11.9. The Morgan fingerprint density at radius 3 is 1.24 bits per heavy atom. The van der Waals surface area contributed by atoms with Crippen molar-refractivity contribution in [2.45, 2.75) is 10.8 Å². The minimum absolute atomic E-state index is 0.424. The fourth-order valence-electron chi connectivity index (χ4n) is 11.9. The van der Waals surface area contributed by atoms with Gasteiger partial charge in [0.05, 0.1) is 10.8 Å². The molecule has 0 atom stereocenters. The van der Waals surface area contributed by atoms with Crippen molar-refractivity contribution in [1.29, 1.82) is 0 Å². The van der Waals surface area contributed by atoms with Crippen LogP contribution in [0.15, 0.2) is 206 Å². The minimum atomic E-state index is -0.601. The van der Waals surface area contributed by atoms with Gasteiger partial charge in [0.1, 0.15) is 11.5 Å². The smallest absolute Gasteiger partial charge is 0.140 e. The van der Waals surface area contributed by atoms with E-state index >= 15 is 0 Å². The number of hydrogen-bond donors (Lipinski definition) is 0. The number of hydrogen-bond acceptors (Lipinski definition) is 1. The van der Waals surface area contributed by atoms with Gasteiger partial charge in [0.15, 0.2) is 0 Å². The lowest BCUT2D eigenvalue weighted by Crippen LogP contribution is -2.32. The molecule has 0 aromatic heterocycles. The van der Waals surface area contributed by atoms with Crippen molar-refractivity contribution >= 4 is 21.5 Å². The molecule has 1 heterocycles. The lowest BCUT2D eigenvalue weighted by Gasteiger charge is -2.40. The maximum absolute atomic E-state index is 7.38. The summed E-state index contributed by atoms with van der Waals surface area (Å²) in [5.74, 6) is 1.87. The van der Waals surface area contributed by atoms with E-state index in [4.69, 9.17) is 4.74 Å². The normalized spacial score (nSPS) is 14.8. The molecular formula is C58H34O. The maximum Gasteiger partial charge on any atom is 0.140 e. The Balaban J connectivity index is 1.11. The van der Waals surface area contributed by atoms with Crippen LogP contribution in [0.3, 0.4) is 0 Å². The quantitative estimate of drug-likeness (QED) is 0.163. The molecular weight excluding hydrogens is 713 g/mol. The van der Waals surface area contributed by atoms with E-state index in [9.17, 15) is 0 Å². The molecule has 59 heavy (non-hydrogen) atoms. The summed E-state index contributed by atoms with van der Waals surface area (Å²) in [5.41, 5.74) is 19.6. The molecule has 1 aliphatic heterocycles. The first-order valence-corrected chi connectivity index (χ1v) is 20.7. The molecule has 14 rings (SSSR count). The van der Waals surface area contributed by atoms with Crippen molar-refractivity contribution in [3.8, 4) is 56.0 Å². The van der Waals surface area contributed by atoms with Crippen molar-refractivity contribution in [3.63, 3.8) is 0 Å². The van der Waals surface area contributed by atoms with Crippen LogP contribution in [0.4, 0.5) is 0 Å². The third kappa shape index (κ3) is 3.69. The summed E-state index contributed by atoms with van der Waals surface area (Å²) < 4.78 is 7.38. The van der Waals surface area contributed by atoms with E-state index in [2.05, 4.69) is 206 Å². The van der Waals surface area contributed by atoms with E-state index < -0.39 is 10.8 Å². The van der Waals surface area contributed by atoms with Crippen LogP contribution >= 0.6 is 0 Å². The zero-order chi connectivity index (χ0) is 38.5. The Labute approximate surface area is 342 Å². The molecule has 0 unspecified atom stereocenters. The highest BCUT2D eigenvalue weighted by molar-refractivity contribution is 6.06. The van der Waals surface area contributed by atoms with Gasteiger partial charge in [-0.15, -0.1) is 0 Å². The number of fused-ring (bicyclic) bond motifs is 23. The van der Waals surface area contributed by atoms with E-state index in [0.717, 1.165) is 22.3 Å². The Morgan fingerprint density at radius 1 is 0.254 bits per heavy atom. The number of ether oxygens (including phenoxy) is 1. The molecule has 10 aromatic carbocycles. The van der Waals surface area contributed by atoms with Crippen LogP contribution in [0, 0.1) is 0 Å². The van der Waals surface area contributed by atoms with Gasteiger partial charge in [-0.05, 0) is 101 Å². The molecule has 0 bridgehead atoms. The summed E-state index contributed by atoms with van der Waals surface area (Å²) in [6.45, 7) is 0. The SMILES string of the molecule is c1ccc2c(c1)-c1ccccc1C21c2ccccc2-c2ccc(-c3cc4c(c5ccccc35)Oc3c(ccc5ccccc35)C43c4ccccc4-c4ccccc43)cc21. The average molecular weight is 747 g/mol. The summed E-state index contributed by atoms with van der Waals surface area (Å²) in [6.07, 6.45) is 0. The third-order valence-corrected chi connectivity index (χ3v) is 14.1. The highest BCUT2D eigenvalue weighted by Crippen LogP contribution is 2.66.